The number of rotatable bonds is 13. The van der Waals surface area contributed by atoms with Crippen molar-refractivity contribution in [2.75, 3.05) is 13.2 Å². The third-order valence-corrected chi connectivity index (χ3v) is 5.96. The zero-order chi connectivity index (χ0) is 19.2. The average molecular weight is 368 g/mol. The van der Waals surface area contributed by atoms with E-state index in [1.165, 1.54) is 76.2 Å². The molecule has 0 spiro atoms. The van der Waals surface area contributed by atoms with Crippen LogP contribution in [0.25, 0.3) is 0 Å². The number of benzene rings is 1. The summed E-state index contributed by atoms with van der Waals surface area (Å²) >= 11 is 0. The first-order valence-electron chi connectivity index (χ1n) is 11.0. The van der Waals surface area contributed by atoms with E-state index in [1.54, 1.807) is 0 Å². The van der Waals surface area contributed by atoms with Crippen LogP contribution in [0.5, 0.6) is 0 Å². The zero-order valence-corrected chi connectivity index (χ0v) is 17.0. The molecular formula is C25H37NO. The van der Waals surface area contributed by atoms with Gasteiger partial charge in [-0.3, -0.25) is 0 Å². The summed E-state index contributed by atoms with van der Waals surface area (Å²) in [6.07, 6.45) is 17.4. The van der Waals surface area contributed by atoms with Crippen LogP contribution in [-0.2, 0) is 4.74 Å². The molecule has 148 valence electrons. The van der Waals surface area contributed by atoms with Gasteiger partial charge in [0.05, 0.1) is 11.6 Å². The van der Waals surface area contributed by atoms with Crippen LogP contribution >= 0.6 is 0 Å². The molecule has 2 heteroatoms. The monoisotopic (exact) mass is 367 g/mol. The number of unbranched alkanes of at least 4 members (excludes halogenated alkanes) is 5. The van der Waals surface area contributed by atoms with Gasteiger partial charge in [0, 0.05) is 13.2 Å². The van der Waals surface area contributed by atoms with Crippen LogP contribution in [0.3, 0.4) is 0 Å². The maximum Gasteiger partial charge on any atom is 0.0991 e. The lowest BCUT2D eigenvalue weighted by molar-refractivity contribution is 0.124. The Kier molecular flexibility index (Phi) is 10.9. The Bertz CT molecular complexity index is 549. The predicted octanol–water partition coefficient (Wildman–Crippen LogP) is 7.16. The molecule has 0 unspecified atom stereocenters. The summed E-state index contributed by atoms with van der Waals surface area (Å²) in [4.78, 5) is 0. The van der Waals surface area contributed by atoms with Gasteiger partial charge >= 0.3 is 0 Å². The second kappa shape index (κ2) is 13.6. The molecule has 1 aliphatic rings. The van der Waals surface area contributed by atoms with E-state index >= 15 is 0 Å². The SMILES string of the molecule is C=CCCCCCCOCCCC[C@H]1CC[C@H](c2ccc(C#N)cc2)CC1. The summed E-state index contributed by atoms with van der Waals surface area (Å²) in [5.74, 6) is 1.60. The molecule has 0 atom stereocenters. The Morgan fingerprint density at radius 2 is 1.59 bits per heavy atom. The van der Waals surface area contributed by atoms with Gasteiger partial charge in [0.25, 0.3) is 0 Å². The Labute approximate surface area is 166 Å². The lowest BCUT2D eigenvalue weighted by Crippen LogP contribution is -2.13. The predicted molar refractivity (Wildman–Crippen MR) is 114 cm³/mol. The standard InChI is InChI=1S/C25H37NO/c1-2-3-4-5-6-8-19-27-20-9-7-10-22-11-15-24(16-12-22)25-17-13-23(21-26)14-18-25/h2,13-14,17-18,22,24H,1,3-12,15-16,19-20H2/t22-,24-. The van der Waals surface area contributed by atoms with Gasteiger partial charge in [-0.25, -0.2) is 0 Å². The highest BCUT2D eigenvalue weighted by Crippen LogP contribution is 2.37. The van der Waals surface area contributed by atoms with Crippen LogP contribution < -0.4 is 0 Å². The molecule has 27 heavy (non-hydrogen) atoms. The first-order chi connectivity index (χ1) is 13.3. The van der Waals surface area contributed by atoms with Crippen molar-refractivity contribution in [1.82, 2.24) is 0 Å². The molecule has 0 radical (unpaired) electrons. The van der Waals surface area contributed by atoms with Crippen molar-refractivity contribution in [2.45, 2.75) is 83.0 Å². The number of nitriles is 1. The van der Waals surface area contributed by atoms with E-state index in [4.69, 9.17) is 10.00 Å². The van der Waals surface area contributed by atoms with Crippen molar-refractivity contribution in [3.8, 4) is 6.07 Å². The lowest BCUT2D eigenvalue weighted by Gasteiger charge is -2.29. The van der Waals surface area contributed by atoms with E-state index in [0.29, 0.717) is 5.92 Å². The van der Waals surface area contributed by atoms with Crippen molar-refractivity contribution >= 4 is 0 Å². The zero-order valence-electron chi connectivity index (χ0n) is 17.0. The third kappa shape index (κ3) is 8.76. The fraction of sp³-hybridized carbons (Fsp3) is 0.640. The average Bonchev–Trinajstić information content (AvgIpc) is 2.72. The molecule has 0 aliphatic heterocycles. The third-order valence-electron chi connectivity index (χ3n) is 5.96. The minimum Gasteiger partial charge on any atom is -0.381 e. The smallest absolute Gasteiger partial charge is 0.0991 e. The molecule has 1 fully saturated rings. The summed E-state index contributed by atoms with van der Waals surface area (Å²) in [5.41, 5.74) is 2.19. The number of ether oxygens (including phenoxy) is 1. The quantitative estimate of drug-likeness (QED) is 0.274. The largest absolute Gasteiger partial charge is 0.381 e. The van der Waals surface area contributed by atoms with Gasteiger partial charge in [0.15, 0.2) is 0 Å². The molecule has 1 aromatic carbocycles. The van der Waals surface area contributed by atoms with Crippen LogP contribution in [0.15, 0.2) is 36.9 Å². The number of hydrogen-bond donors (Lipinski definition) is 0. The fourth-order valence-electron chi connectivity index (χ4n) is 4.20. The van der Waals surface area contributed by atoms with Gasteiger partial charge in [-0.1, -0.05) is 43.9 Å². The van der Waals surface area contributed by atoms with Crippen molar-refractivity contribution in [1.29, 1.82) is 5.26 Å². The summed E-state index contributed by atoms with van der Waals surface area (Å²) in [6, 6.07) is 10.4. The highest BCUT2D eigenvalue weighted by atomic mass is 16.5. The van der Waals surface area contributed by atoms with Gasteiger partial charge in [-0.15, -0.1) is 6.58 Å². The van der Waals surface area contributed by atoms with E-state index in [-0.39, 0.29) is 0 Å². The minimum atomic E-state index is 0.698. The second-order valence-corrected chi connectivity index (χ2v) is 8.05. The molecule has 0 amide bonds. The Morgan fingerprint density at radius 1 is 0.926 bits per heavy atom. The molecule has 2 rings (SSSR count). The molecule has 0 aromatic heterocycles. The summed E-state index contributed by atoms with van der Waals surface area (Å²) in [5, 5.41) is 8.91. The molecule has 0 saturated heterocycles. The van der Waals surface area contributed by atoms with E-state index in [0.717, 1.165) is 31.1 Å². The van der Waals surface area contributed by atoms with Crippen molar-refractivity contribution in [2.24, 2.45) is 5.92 Å². The van der Waals surface area contributed by atoms with Crippen LogP contribution in [0.4, 0.5) is 0 Å². The van der Waals surface area contributed by atoms with Gasteiger partial charge in [-0.05, 0) is 80.9 Å². The molecular weight excluding hydrogens is 330 g/mol. The van der Waals surface area contributed by atoms with E-state index in [2.05, 4.69) is 24.8 Å². The number of allylic oxidation sites excluding steroid dienone is 1. The van der Waals surface area contributed by atoms with Crippen LogP contribution in [0, 0.1) is 17.2 Å². The fourth-order valence-corrected chi connectivity index (χ4v) is 4.20. The highest BCUT2D eigenvalue weighted by molar-refractivity contribution is 5.33. The molecule has 0 bridgehead atoms. The molecule has 1 aliphatic carbocycles. The van der Waals surface area contributed by atoms with Gasteiger partial charge < -0.3 is 4.74 Å². The van der Waals surface area contributed by atoms with Crippen LogP contribution in [0.2, 0.25) is 0 Å². The summed E-state index contributed by atoms with van der Waals surface area (Å²) < 4.78 is 5.78. The van der Waals surface area contributed by atoms with Gasteiger partial charge in [-0.2, -0.15) is 5.26 Å². The highest BCUT2D eigenvalue weighted by Gasteiger charge is 2.21. The van der Waals surface area contributed by atoms with Crippen molar-refractivity contribution < 1.29 is 4.74 Å². The maximum atomic E-state index is 8.91. The Hall–Kier alpha value is -1.59. The summed E-state index contributed by atoms with van der Waals surface area (Å²) in [6.45, 7) is 5.63. The molecule has 1 saturated carbocycles. The van der Waals surface area contributed by atoms with Gasteiger partial charge in [0.2, 0.25) is 0 Å². The normalized spacial score (nSPS) is 19.5. The molecule has 1 aromatic rings. The van der Waals surface area contributed by atoms with Gasteiger partial charge in [0.1, 0.15) is 0 Å². The van der Waals surface area contributed by atoms with E-state index < -0.39 is 0 Å². The van der Waals surface area contributed by atoms with Crippen molar-refractivity contribution in [3.05, 3.63) is 48.0 Å². The molecule has 0 N–H and O–H groups in total. The summed E-state index contributed by atoms with van der Waals surface area (Å²) in [7, 11) is 0. The van der Waals surface area contributed by atoms with Crippen molar-refractivity contribution in [3.63, 3.8) is 0 Å². The Morgan fingerprint density at radius 3 is 2.26 bits per heavy atom. The van der Waals surface area contributed by atoms with Crippen LogP contribution in [0.1, 0.15) is 94.1 Å². The first kappa shape index (κ1) is 21.7. The second-order valence-electron chi connectivity index (χ2n) is 8.05. The van der Waals surface area contributed by atoms with E-state index in [9.17, 15) is 0 Å². The molecule has 2 nitrogen and oxygen atoms in total. The van der Waals surface area contributed by atoms with E-state index in [1.807, 2.05) is 18.2 Å². The maximum absolute atomic E-state index is 8.91. The molecule has 0 heterocycles. The lowest BCUT2D eigenvalue weighted by atomic mass is 9.77. The Balaban J connectivity index is 1.45. The number of nitrogens with zero attached hydrogens (tertiary/aromatic N) is 1. The number of hydrogen-bond acceptors (Lipinski definition) is 2. The first-order valence-corrected chi connectivity index (χ1v) is 11.0. The minimum absolute atomic E-state index is 0.698. The topological polar surface area (TPSA) is 33.0 Å². The van der Waals surface area contributed by atoms with Crippen LogP contribution in [-0.4, -0.2) is 13.2 Å².